The minimum atomic E-state index is -3.61. The van der Waals surface area contributed by atoms with E-state index in [1.807, 2.05) is 0 Å². The maximum atomic E-state index is 13.4. The minimum absolute atomic E-state index is 0.0282. The summed E-state index contributed by atoms with van der Waals surface area (Å²) in [6.45, 7) is 3.23. The van der Waals surface area contributed by atoms with E-state index in [2.05, 4.69) is 11.6 Å². The molecule has 2 aromatic rings. The Balaban J connectivity index is 2.93. The van der Waals surface area contributed by atoms with Crippen LogP contribution in [0, 0.1) is 5.82 Å². The van der Waals surface area contributed by atoms with E-state index in [1.165, 1.54) is 30.5 Å². The fourth-order valence-corrected chi connectivity index (χ4v) is 2.31. The fourth-order valence-electron chi connectivity index (χ4n) is 1.43. The van der Waals surface area contributed by atoms with Gasteiger partial charge in [0.2, 0.25) is 9.84 Å². The van der Waals surface area contributed by atoms with Crippen LogP contribution in [0.25, 0.3) is 10.9 Å². The van der Waals surface area contributed by atoms with Crippen LogP contribution in [-0.2, 0) is 9.84 Å². The zero-order valence-corrected chi connectivity index (χ0v) is 9.04. The number of aromatic nitrogens is 1. The van der Waals surface area contributed by atoms with Crippen molar-refractivity contribution in [2.45, 2.75) is 4.90 Å². The first-order valence-corrected chi connectivity index (χ1v) is 6.01. The van der Waals surface area contributed by atoms with Crippen LogP contribution in [0.15, 0.2) is 47.3 Å². The predicted molar refractivity (Wildman–Crippen MR) is 59.1 cm³/mol. The van der Waals surface area contributed by atoms with Crippen LogP contribution in [0.4, 0.5) is 4.39 Å². The van der Waals surface area contributed by atoms with Gasteiger partial charge in [-0.15, -0.1) is 0 Å². The third kappa shape index (κ3) is 1.59. The lowest BCUT2D eigenvalue weighted by Gasteiger charge is -2.03. The number of hydrogen-bond acceptors (Lipinski definition) is 3. The highest BCUT2D eigenvalue weighted by atomic mass is 32.2. The van der Waals surface area contributed by atoms with Gasteiger partial charge in [0.15, 0.2) is 0 Å². The number of benzene rings is 1. The van der Waals surface area contributed by atoms with E-state index >= 15 is 0 Å². The summed E-state index contributed by atoms with van der Waals surface area (Å²) in [5.74, 6) is -0.494. The van der Waals surface area contributed by atoms with Crippen LogP contribution in [0.5, 0.6) is 0 Å². The molecule has 1 aromatic carbocycles. The van der Waals surface area contributed by atoms with Crippen LogP contribution in [-0.4, -0.2) is 13.4 Å². The van der Waals surface area contributed by atoms with Crippen molar-refractivity contribution in [3.05, 3.63) is 48.3 Å². The quantitative estimate of drug-likeness (QED) is 0.803. The van der Waals surface area contributed by atoms with E-state index in [-0.39, 0.29) is 15.8 Å². The molecule has 0 amide bonds. The topological polar surface area (TPSA) is 47.0 Å². The van der Waals surface area contributed by atoms with Crippen molar-refractivity contribution in [2.75, 3.05) is 0 Å². The molecule has 0 fully saturated rings. The first-order chi connectivity index (χ1) is 7.56. The highest BCUT2D eigenvalue weighted by Gasteiger charge is 2.15. The summed E-state index contributed by atoms with van der Waals surface area (Å²) in [6.07, 6.45) is 1.24. The highest BCUT2D eigenvalue weighted by Crippen LogP contribution is 2.23. The van der Waals surface area contributed by atoms with Gasteiger partial charge in [-0.25, -0.2) is 12.8 Å². The van der Waals surface area contributed by atoms with Gasteiger partial charge in [0, 0.05) is 17.0 Å². The number of fused-ring (bicyclic) bond motifs is 1. The number of hydrogen-bond donors (Lipinski definition) is 0. The third-order valence-electron chi connectivity index (χ3n) is 2.21. The van der Waals surface area contributed by atoms with Gasteiger partial charge in [-0.1, -0.05) is 12.6 Å². The molecule has 1 heterocycles. The van der Waals surface area contributed by atoms with Gasteiger partial charge in [0.1, 0.15) is 5.82 Å². The minimum Gasteiger partial charge on any atom is -0.255 e. The van der Waals surface area contributed by atoms with Gasteiger partial charge in [-0.05, 0) is 18.2 Å². The molecule has 0 aliphatic carbocycles. The maximum absolute atomic E-state index is 13.4. The molecule has 0 unspecified atom stereocenters. The molecule has 2 rings (SSSR count). The summed E-state index contributed by atoms with van der Waals surface area (Å²) in [5, 5.41) is 1.01. The molecule has 0 saturated carbocycles. The van der Waals surface area contributed by atoms with Crippen LogP contribution in [0.1, 0.15) is 0 Å². The number of rotatable bonds is 2. The summed E-state index contributed by atoms with van der Waals surface area (Å²) in [4.78, 5) is 3.86. The molecular weight excluding hydrogens is 228 g/mol. The Morgan fingerprint density at radius 1 is 1.31 bits per heavy atom. The van der Waals surface area contributed by atoms with Crippen molar-refractivity contribution in [1.29, 1.82) is 0 Å². The van der Waals surface area contributed by atoms with E-state index in [4.69, 9.17) is 0 Å². The zero-order chi connectivity index (χ0) is 11.8. The fraction of sp³-hybridized carbons (Fsp3) is 0. The third-order valence-corrected chi connectivity index (χ3v) is 3.59. The molecule has 1 aromatic heterocycles. The number of halogens is 1. The number of sulfone groups is 1. The van der Waals surface area contributed by atoms with Crippen LogP contribution >= 0.6 is 0 Å². The van der Waals surface area contributed by atoms with E-state index in [0.29, 0.717) is 0 Å². The lowest BCUT2D eigenvalue weighted by Crippen LogP contribution is -1.98. The number of para-hydroxylation sites is 1. The first-order valence-electron chi connectivity index (χ1n) is 4.47. The number of nitrogens with zero attached hydrogens (tertiary/aromatic N) is 1. The Kier molecular flexibility index (Phi) is 2.47. The lowest BCUT2D eigenvalue weighted by molar-refractivity contribution is 0.605. The second-order valence-corrected chi connectivity index (χ2v) is 5.02. The second-order valence-electron chi connectivity index (χ2n) is 3.16. The average molecular weight is 236 g/mol. The Morgan fingerprint density at radius 3 is 2.75 bits per heavy atom. The van der Waals surface area contributed by atoms with Crippen molar-refractivity contribution in [2.24, 2.45) is 0 Å². The summed E-state index contributed by atoms with van der Waals surface area (Å²) < 4.78 is 36.7. The summed E-state index contributed by atoms with van der Waals surface area (Å²) in [6, 6.07) is 5.53. The molecular formula is C11H8FNO2S. The molecule has 0 atom stereocenters. The second kappa shape index (κ2) is 3.68. The maximum Gasteiger partial charge on any atom is 0.201 e. The first kappa shape index (κ1) is 10.8. The summed E-state index contributed by atoms with van der Waals surface area (Å²) >= 11 is 0. The standard InChI is InChI=1S/C11H8FNO2S/c1-2-16(14,15)10-5-3-4-8-9(12)6-7-13-11(8)10/h2-7H,1H2/i12-1. The largest absolute Gasteiger partial charge is 0.255 e. The molecule has 0 radical (unpaired) electrons. The van der Waals surface area contributed by atoms with Gasteiger partial charge in [0.25, 0.3) is 0 Å². The van der Waals surface area contributed by atoms with Gasteiger partial charge in [0.05, 0.1) is 10.4 Å². The van der Waals surface area contributed by atoms with Crippen molar-refractivity contribution in [1.82, 2.24) is 4.98 Å². The van der Waals surface area contributed by atoms with E-state index in [0.717, 1.165) is 5.41 Å². The Labute approximate surface area is 92.2 Å². The highest BCUT2D eigenvalue weighted by molar-refractivity contribution is 7.94. The molecule has 3 nitrogen and oxygen atoms in total. The van der Waals surface area contributed by atoms with Crippen molar-refractivity contribution in [3.8, 4) is 0 Å². The molecule has 82 valence electrons. The Bertz CT molecular complexity index is 665. The monoisotopic (exact) mass is 236 g/mol. The lowest BCUT2D eigenvalue weighted by atomic mass is 10.2. The van der Waals surface area contributed by atoms with Crippen molar-refractivity contribution in [3.63, 3.8) is 0 Å². The van der Waals surface area contributed by atoms with E-state index in [9.17, 15) is 12.8 Å². The van der Waals surface area contributed by atoms with Gasteiger partial charge in [-0.2, -0.15) is 0 Å². The SMILES string of the molecule is C=CS(=O)(=O)c1cccc2c([18F])ccnc12. The molecule has 5 heteroatoms. The van der Waals surface area contributed by atoms with E-state index < -0.39 is 15.7 Å². The normalized spacial score (nSPS) is 11.6. The molecule has 0 saturated heterocycles. The molecule has 0 spiro atoms. The molecule has 16 heavy (non-hydrogen) atoms. The molecule has 0 bridgehead atoms. The Hall–Kier alpha value is -1.75. The molecule has 0 N–H and O–H groups in total. The van der Waals surface area contributed by atoms with Crippen LogP contribution < -0.4 is 0 Å². The van der Waals surface area contributed by atoms with Crippen molar-refractivity contribution < 1.29 is 12.8 Å². The molecule has 0 aliphatic heterocycles. The Morgan fingerprint density at radius 2 is 2.06 bits per heavy atom. The average Bonchev–Trinajstić information content (AvgIpc) is 2.29. The van der Waals surface area contributed by atoms with E-state index in [1.54, 1.807) is 0 Å². The zero-order valence-electron chi connectivity index (χ0n) is 8.22. The van der Waals surface area contributed by atoms with Crippen LogP contribution in [0.2, 0.25) is 0 Å². The summed E-state index contributed by atoms with van der Waals surface area (Å²) in [5.41, 5.74) is 0.127. The molecule has 0 aliphatic rings. The van der Waals surface area contributed by atoms with Gasteiger partial charge >= 0.3 is 0 Å². The smallest absolute Gasteiger partial charge is 0.201 e. The van der Waals surface area contributed by atoms with Gasteiger partial charge < -0.3 is 0 Å². The number of pyridine rings is 1. The van der Waals surface area contributed by atoms with Crippen LogP contribution in [0.3, 0.4) is 0 Å². The van der Waals surface area contributed by atoms with Gasteiger partial charge in [-0.3, -0.25) is 4.98 Å². The summed E-state index contributed by atoms with van der Waals surface area (Å²) in [7, 11) is -3.61. The van der Waals surface area contributed by atoms with Crippen molar-refractivity contribution >= 4 is 20.7 Å². The predicted octanol–water partition coefficient (Wildman–Crippen LogP) is 2.29.